The van der Waals surface area contributed by atoms with Crippen molar-refractivity contribution in [1.29, 1.82) is 0 Å². The average Bonchev–Trinajstić information content (AvgIpc) is 2.60. The molecule has 3 rings (SSSR count). The average molecular weight is 335 g/mol. The van der Waals surface area contributed by atoms with E-state index in [1.54, 1.807) is 24.4 Å². The zero-order valence-corrected chi connectivity index (χ0v) is 13.9. The van der Waals surface area contributed by atoms with E-state index in [-0.39, 0.29) is 16.9 Å². The van der Waals surface area contributed by atoms with Crippen LogP contribution in [0.25, 0.3) is 10.8 Å². The van der Waals surface area contributed by atoms with Gasteiger partial charge in [0.25, 0.3) is 5.91 Å². The highest BCUT2D eigenvalue weighted by molar-refractivity contribution is 6.13. The van der Waals surface area contributed by atoms with Gasteiger partial charge in [0.2, 0.25) is 0 Å². The van der Waals surface area contributed by atoms with Crippen LogP contribution in [0.5, 0.6) is 0 Å². The van der Waals surface area contributed by atoms with Crippen molar-refractivity contribution >= 4 is 34.0 Å². The van der Waals surface area contributed by atoms with Crippen molar-refractivity contribution in [2.75, 3.05) is 24.3 Å². The number of aromatic carboxylic acids is 1. The number of fused-ring (bicyclic) bond motifs is 1. The fourth-order valence-electron chi connectivity index (χ4n) is 2.58. The third kappa shape index (κ3) is 3.28. The van der Waals surface area contributed by atoms with Gasteiger partial charge in [0.15, 0.2) is 0 Å². The summed E-state index contributed by atoms with van der Waals surface area (Å²) < 4.78 is 0. The van der Waals surface area contributed by atoms with E-state index in [0.29, 0.717) is 5.39 Å². The number of nitrogens with zero attached hydrogens (tertiary/aromatic N) is 2. The molecule has 0 unspecified atom stereocenters. The van der Waals surface area contributed by atoms with Crippen molar-refractivity contribution in [3.8, 4) is 0 Å². The first kappa shape index (κ1) is 16.4. The fraction of sp³-hybridized carbons (Fsp3) is 0.105. The van der Waals surface area contributed by atoms with Gasteiger partial charge in [-0.25, -0.2) is 4.79 Å². The molecule has 3 aromatic rings. The zero-order chi connectivity index (χ0) is 18.0. The summed E-state index contributed by atoms with van der Waals surface area (Å²) in [5.41, 5.74) is 1.47. The highest BCUT2D eigenvalue weighted by atomic mass is 16.4. The van der Waals surface area contributed by atoms with E-state index in [1.165, 1.54) is 6.07 Å². The Morgan fingerprint density at radius 2 is 1.84 bits per heavy atom. The number of benzene rings is 2. The quantitative estimate of drug-likeness (QED) is 0.765. The first-order valence-corrected chi connectivity index (χ1v) is 7.67. The van der Waals surface area contributed by atoms with Crippen LogP contribution in [0, 0.1) is 0 Å². The molecule has 0 radical (unpaired) electrons. The van der Waals surface area contributed by atoms with E-state index >= 15 is 0 Å². The number of carboxylic acid groups (broad SMARTS) is 1. The van der Waals surface area contributed by atoms with Crippen molar-refractivity contribution in [1.82, 2.24) is 4.98 Å². The van der Waals surface area contributed by atoms with E-state index in [4.69, 9.17) is 0 Å². The summed E-state index contributed by atoms with van der Waals surface area (Å²) in [4.78, 5) is 30.1. The van der Waals surface area contributed by atoms with E-state index in [2.05, 4.69) is 10.3 Å². The van der Waals surface area contributed by atoms with Gasteiger partial charge in [-0.2, -0.15) is 0 Å². The zero-order valence-electron chi connectivity index (χ0n) is 13.9. The molecule has 2 N–H and O–H groups in total. The molecule has 25 heavy (non-hydrogen) atoms. The van der Waals surface area contributed by atoms with Crippen molar-refractivity contribution < 1.29 is 14.7 Å². The van der Waals surface area contributed by atoms with Crippen LogP contribution in [0.1, 0.15) is 20.8 Å². The van der Waals surface area contributed by atoms with Gasteiger partial charge in [0, 0.05) is 31.4 Å². The standard InChI is InChI=1S/C19H17N3O3/c1-22(2)13-8-7-12-9-10-20-17(15(12)11-13)18(23)21-16-6-4-3-5-14(16)19(24)25/h3-11H,1-2H3,(H,21,23)(H,24,25). The number of amides is 1. The molecule has 6 nitrogen and oxygen atoms in total. The Labute approximate surface area is 144 Å². The van der Waals surface area contributed by atoms with Gasteiger partial charge in [0.05, 0.1) is 11.3 Å². The minimum absolute atomic E-state index is 0.0325. The number of carboxylic acids is 1. The van der Waals surface area contributed by atoms with Crippen LogP contribution >= 0.6 is 0 Å². The van der Waals surface area contributed by atoms with E-state index in [9.17, 15) is 14.7 Å². The Hall–Kier alpha value is -3.41. The summed E-state index contributed by atoms with van der Waals surface area (Å²) in [6.45, 7) is 0. The minimum Gasteiger partial charge on any atom is -0.478 e. The Morgan fingerprint density at radius 1 is 1.08 bits per heavy atom. The molecular formula is C19H17N3O3. The third-order valence-electron chi connectivity index (χ3n) is 3.89. The summed E-state index contributed by atoms with van der Waals surface area (Å²) in [5, 5.41) is 13.5. The molecular weight excluding hydrogens is 318 g/mol. The van der Waals surface area contributed by atoms with Gasteiger partial charge >= 0.3 is 5.97 Å². The van der Waals surface area contributed by atoms with Gasteiger partial charge in [0.1, 0.15) is 5.69 Å². The van der Waals surface area contributed by atoms with Crippen LogP contribution in [-0.4, -0.2) is 36.1 Å². The van der Waals surface area contributed by atoms with Crippen LogP contribution in [0.15, 0.2) is 54.7 Å². The maximum Gasteiger partial charge on any atom is 0.337 e. The fourth-order valence-corrected chi connectivity index (χ4v) is 2.58. The molecule has 1 heterocycles. The number of rotatable bonds is 4. The smallest absolute Gasteiger partial charge is 0.337 e. The summed E-state index contributed by atoms with van der Waals surface area (Å²) in [7, 11) is 3.83. The summed E-state index contributed by atoms with van der Waals surface area (Å²) in [5.74, 6) is -1.55. The Kier molecular flexibility index (Phi) is 4.35. The molecule has 6 heteroatoms. The van der Waals surface area contributed by atoms with Gasteiger partial charge in [-0.05, 0) is 35.7 Å². The van der Waals surface area contributed by atoms with Gasteiger partial charge < -0.3 is 15.3 Å². The van der Waals surface area contributed by atoms with Crippen LogP contribution in [0.4, 0.5) is 11.4 Å². The van der Waals surface area contributed by atoms with Gasteiger partial charge in [-0.15, -0.1) is 0 Å². The summed E-state index contributed by atoms with van der Waals surface area (Å²) in [6, 6.07) is 13.9. The van der Waals surface area contributed by atoms with Crippen molar-refractivity contribution in [2.45, 2.75) is 0 Å². The van der Waals surface area contributed by atoms with Crippen molar-refractivity contribution in [3.63, 3.8) is 0 Å². The van der Waals surface area contributed by atoms with E-state index < -0.39 is 11.9 Å². The summed E-state index contributed by atoms with van der Waals surface area (Å²) >= 11 is 0. The SMILES string of the molecule is CN(C)c1ccc2ccnc(C(=O)Nc3ccccc3C(=O)O)c2c1. The van der Waals surface area contributed by atoms with Crippen LogP contribution < -0.4 is 10.2 Å². The lowest BCUT2D eigenvalue weighted by atomic mass is 10.1. The lowest BCUT2D eigenvalue weighted by molar-refractivity contribution is 0.0698. The Morgan fingerprint density at radius 3 is 2.56 bits per heavy atom. The molecule has 126 valence electrons. The molecule has 0 aliphatic heterocycles. The highest BCUT2D eigenvalue weighted by Gasteiger charge is 2.16. The number of nitrogens with one attached hydrogen (secondary N) is 1. The van der Waals surface area contributed by atoms with Crippen molar-refractivity contribution in [3.05, 3.63) is 66.0 Å². The minimum atomic E-state index is -1.10. The molecule has 0 spiro atoms. The molecule has 0 fully saturated rings. The number of hydrogen-bond donors (Lipinski definition) is 2. The molecule has 0 saturated heterocycles. The number of carbonyl (C=O) groups excluding carboxylic acids is 1. The summed E-state index contributed by atoms with van der Waals surface area (Å²) in [6.07, 6.45) is 1.57. The van der Waals surface area contributed by atoms with Gasteiger partial charge in [-0.3, -0.25) is 9.78 Å². The second-order valence-electron chi connectivity index (χ2n) is 5.76. The largest absolute Gasteiger partial charge is 0.478 e. The predicted octanol–water partition coefficient (Wildman–Crippen LogP) is 3.25. The molecule has 0 aliphatic carbocycles. The molecule has 2 aromatic carbocycles. The third-order valence-corrected chi connectivity index (χ3v) is 3.89. The van der Waals surface area contributed by atoms with Crippen LogP contribution in [-0.2, 0) is 0 Å². The first-order chi connectivity index (χ1) is 12.0. The molecule has 1 amide bonds. The monoisotopic (exact) mass is 335 g/mol. The maximum absolute atomic E-state index is 12.7. The van der Waals surface area contributed by atoms with Crippen LogP contribution in [0.3, 0.4) is 0 Å². The molecule has 0 saturated carbocycles. The number of aromatic nitrogens is 1. The number of hydrogen-bond acceptors (Lipinski definition) is 4. The lowest BCUT2D eigenvalue weighted by Gasteiger charge is -2.14. The molecule has 0 bridgehead atoms. The highest BCUT2D eigenvalue weighted by Crippen LogP contribution is 2.24. The van der Waals surface area contributed by atoms with Crippen LogP contribution in [0.2, 0.25) is 0 Å². The molecule has 1 aromatic heterocycles. The van der Waals surface area contributed by atoms with Crippen molar-refractivity contribution in [2.24, 2.45) is 0 Å². The molecule has 0 atom stereocenters. The topological polar surface area (TPSA) is 82.5 Å². The number of carbonyl (C=O) groups is 2. The lowest BCUT2D eigenvalue weighted by Crippen LogP contribution is -2.16. The Balaban J connectivity index is 2.03. The first-order valence-electron chi connectivity index (χ1n) is 7.67. The maximum atomic E-state index is 12.7. The number of pyridine rings is 1. The van der Waals surface area contributed by atoms with E-state index in [0.717, 1.165) is 11.1 Å². The predicted molar refractivity (Wildman–Crippen MR) is 97.4 cm³/mol. The number of anilines is 2. The second kappa shape index (κ2) is 6.60. The van der Waals surface area contributed by atoms with Gasteiger partial charge in [-0.1, -0.05) is 18.2 Å². The number of para-hydroxylation sites is 1. The molecule has 0 aliphatic rings. The second-order valence-corrected chi connectivity index (χ2v) is 5.76. The Bertz CT molecular complexity index is 967. The normalized spacial score (nSPS) is 10.5. The van der Waals surface area contributed by atoms with E-state index in [1.807, 2.05) is 43.3 Å².